The monoisotopic (exact) mass is 253 g/mol. The predicted molar refractivity (Wildman–Crippen MR) is 65.5 cm³/mol. The van der Waals surface area contributed by atoms with Gasteiger partial charge in [0, 0.05) is 6.20 Å². The van der Waals surface area contributed by atoms with Crippen molar-refractivity contribution in [1.82, 2.24) is 4.98 Å². The van der Waals surface area contributed by atoms with Crippen molar-refractivity contribution >= 4 is 17.3 Å². The van der Waals surface area contributed by atoms with E-state index in [0.717, 1.165) is 6.20 Å². The van der Waals surface area contributed by atoms with E-state index >= 15 is 0 Å². The van der Waals surface area contributed by atoms with Crippen LogP contribution in [0.2, 0.25) is 0 Å². The van der Waals surface area contributed by atoms with Crippen LogP contribution in [0.3, 0.4) is 0 Å². The van der Waals surface area contributed by atoms with Crippen LogP contribution in [0, 0.1) is 10.1 Å². The van der Waals surface area contributed by atoms with Crippen molar-refractivity contribution in [1.29, 1.82) is 0 Å². The van der Waals surface area contributed by atoms with Crippen molar-refractivity contribution in [2.24, 2.45) is 0 Å². The quantitative estimate of drug-likeness (QED) is 0.593. The largest absolute Gasteiger partial charge is 0.480 e. The topological polar surface area (TPSA) is 105 Å². The van der Waals surface area contributed by atoms with Crippen molar-refractivity contribution in [3.05, 3.63) is 28.6 Å². The normalized spacial score (nSPS) is 11.0. The summed E-state index contributed by atoms with van der Waals surface area (Å²) in [6.45, 7) is 3.44. The summed E-state index contributed by atoms with van der Waals surface area (Å²) in [6.07, 6.45) is 3.12. The molecule has 1 rings (SSSR count). The Morgan fingerprint density at radius 3 is 2.61 bits per heavy atom. The number of aromatic nitrogens is 1. The number of rotatable bonds is 6. The van der Waals surface area contributed by atoms with E-state index in [1.807, 2.05) is 0 Å². The zero-order valence-corrected chi connectivity index (χ0v) is 10.2. The molecule has 0 bridgehead atoms. The lowest BCUT2D eigenvalue weighted by Gasteiger charge is -2.28. The lowest BCUT2D eigenvalue weighted by molar-refractivity contribution is -0.384. The van der Waals surface area contributed by atoms with Gasteiger partial charge in [0.05, 0.1) is 4.92 Å². The Kier molecular flexibility index (Phi) is 4.19. The number of carbonyl (C=O) groups is 1. The molecule has 0 aliphatic rings. The van der Waals surface area contributed by atoms with E-state index < -0.39 is 16.4 Å². The molecular formula is C11H15N3O4. The van der Waals surface area contributed by atoms with Crippen LogP contribution < -0.4 is 5.32 Å². The molecule has 0 radical (unpaired) electrons. The maximum atomic E-state index is 11.3. The molecule has 1 aromatic rings. The Morgan fingerprint density at radius 1 is 1.56 bits per heavy atom. The molecule has 1 heterocycles. The van der Waals surface area contributed by atoms with Crippen LogP contribution in [0.5, 0.6) is 0 Å². The fourth-order valence-electron chi connectivity index (χ4n) is 1.68. The number of aliphatic carboxylic acids is 1. The summed E-state index contributed by atoms with van der Waals surface area (Å²) in [5.41, 5.74) is -1.27. The van der Waals surface area contributed by atoms with Gasteiger partial charge in [-0.25, -0.2) is 4.79 Å². The van der Waals surface area contributed by atoms with Gasteiger partial charge in [-0.05, 0) is 18.9 Å². The van der Waals surface area contributed by atoms with E-state index in [4.69, 9.17) is 0 Å². The second-order valence-corrected chi connectivity index (χ2v) is 3.87. The van der Waals surface area contributed by atoms with Crippen molar-refractivity contribution in [3.8, 4) is 0 Å². The molecule has 0 aliphatic heterocycles. The van der Waals surface area contributed by atoms with Gasteiger partial charge in [-0.1, -0.05) is 13.8 Å². The lowest BCUT2D eigenvalue weighted by Crippen LogP contribution is -2.45. The summed E-state index contributed by atoms with van der Waals surface area (Å²) >= 11 is 0. The number of carboxylic acid groups (broad SMARTS) is 1. The number of anilines is 1. The third-order valence-corrected chi connectivity index (χ3v) is 2.99. The number of hydrogen-bond acceptors (Lipinski definition) is 5. The summed E-state index contributed by atoms with van der Waals surface area (Å²) in [5, 5.41) is 22.9. The number of nitrogens with one attached hydrogen (secondary N) is 1. The van der Waals surface area contributed by atoms with E-state index in [-0.39, 0.29) is 11.4 Å². The minimum atomic E-state index is -1.20. The van der Waals surface area contributed by atoms with E-state index in [1.54, 1.807) is 13.8 Å². The maximum Gasteiger partial charge on any atom is 0.329 e. The Bertz CT molecular complexity index is 457. The van der Waals surface area contributed by atoms with Crippen LogP contribution in [-0.2, 0) is 4.79 Å². The molecule has 0 amide bonds. The molecule has 0 spiro atoms. The van der Waals surface area contributed by atoms with Crippen LogP contribution in [0.25, 0.3) is 0 Å². The van der Waals surface area contributed by atoms with Gasteiger partial charge in [0.15, 0.2) is 0 Å². The molecule has 0 saturated heterocycles. The zero-order valence-electron chi connectivity index (χ0n) is 10.2. The Labute approximate surface area is 104 Å². The molecule has 2 N–H and O–H groups in total. The first-order chi connectivity index (χ1) is 8.46. The second-order valence-electron chi connectivity index (χ2n) is 3.87. The second kappa shape index (κ2) is 5.44. The van der Waals surface area contributed by atoms with Gasteiger partial charge in [-0.3, -0.25) is 15.1 Å². The number of nitrogens with zero attached hydrogens (tertiary/aromatic N) is 2. The highest BCUT2D eigenvalue weighted by atomic mass is 16.6. The summed E-state index contributed by atoms with van der Waals surface area (Å²) < 4.78 is 0. The van der Waals surface area contributed by atoms with E-state index in [0.29, 0.717) is 12.8 Å². The Balaban J connectivity index is 3.16. The van der Waals surface area contributed by atoms with Crippen molar-refractivity contribution in [3.63, 3.8) is 0 Å². The highest BCUT2D eigenvalue weighted by Crippen LogP contribution is 2.28. The smallest absolute Gasteiger partial charge is 0.329 e. The van der Waals surface area contributed by atoms with Gasteiger partial charge in [0.1, 0.15) is 17.4 Å². The molecule has 0 fully saturated rings. The number of nitro groups is 1. The minimum Gasteiger partial charge on any atom is -0.480 e. The highest BCUT2D eigenvalue weighted by Gasteiger charge is 2.36. The zero-order chi connectivity index (χ0) is 13.8. The van der Waals surface area contributed by atoms with Crippen LogP contribution >= 0.6 is 0 Å². The van der Waals surface area contributed by atoms with Gasteiger partial charge in [0.2, 0.25) is 0 Å². The Hall–Kier alpha value is -2.18. The van der Waals surface area contributed by atoms with Crippen LogP contribution in [-0.4, -0.2) is 26.5 Å². The van der Waals surface area contributed by atoms with Gasteiger partial charge in [0.25, 0.3) is 0 Å². The molecule has 98 valence electrons. The Morgan fingerprint density at radius 2 is 2.17 bits per heavy atom. The molecule has 18 heavy (non-hydrogen) atoms. The van der Waals surface area contributed by atoms with Crippen LogP contribution in [0.1, 0.15) is 26.7 Å². The van der Waals surface area contributed by atoms with E-state index in [1.165, 1.54) is 12.3 Å². The molecule has 0 atom stereocenters. The average molecular weight is 253 g/mol. The molecule has 7 nitrogen and oxygen atoms in total. The molecule has 0 aliphatic carbocycles. The minimum absolute atomic E-state index is 0.168. The summed E-state index contributed by atoms with van der Waals surface area (Å²) in [4.78, 5) is 25.2. The summed E-state index contributed by atoms with van der Waals surface area (Å²) in [5.74, 6) is -1.03. The van der Waals surface area contributed by atoms with Crippen LogP contribution in [0.4, 0.5) is 11.4 Å². The number of hydrogen-bond donors (Lipinski definition) is 2. The van der Waals surface area contributed by atoms with E-state index in [9.17, 15) is 20.0 Å². The first kappa shape index (κ1) is 13.9. The maximum absolute atomic E-state index is 11.3. The van der Waals surface area contributed by atoms with Crippen molar-refractivity contribution < 1.29 is 14.8 Å². The molecule has 7 heteroatoms. The molecule has 1 aromatic heterocycles. The SMILES string of the molecule is CCC(CC)(Nc1ccncc1[N+](=O)[O-])C(=O)O. The number of pyridine rings is 1. The third-order valence-electron chi connectivity index (χ3n) is 2.99. The standard InChI is InChI=1S/C11H15N3O4/c1-3-11(4-2,10(15)16)13-8-5-6-12-7-9(8)14(17)18/h5-7H,3-4H2,1-2H3,(H,12,13)(H,15,16). The first-order valence-electron chi connectivity index (χ1n) is 5.56. The fraction of sp³-hybridized carbons (Fsp3) is 0.455. The third kappa shape index (κ3) is 2.55. The van der Waals surface area contributed by atoms with Crippen molar-refractivity contribution in [2.45, 2.75) is 32.2 Å². The highest BCUT2D eigenvalue weighted by molar-refractivity contribution is 5.83. The molecule has 0 saturated carbocycles. The molecule has 0 aromatic carbocycles. The van der Waals surface area contributed by atoms with Gasteiger partial charge in [-0.2, -0.15) is 0 Å². The fourth-order valence-corrected chi connectivity index (χ4v) is 1.68. The average Bonchev–Trinajstić information content (AvgIpc) is 2.36. The molecule has 0 unspecified atom stereocenters. The van der Waals surface area contributed by atoms with Gasteiger partial charge < -0.3 is 10.4 Å². The van der Waals surface area contributed by atoms with E-state index in [2.05, 4.69) is 10.3 Å². The van der Waals surface area contributed by atoms with Crippen LogP contribution in [0.15, 0.2) is 18.5 Å². The van der Waals surface area contributed by atoms with Gasteiger partial charge in [-0.15, -0.1) is 0 Å². The lowest BCUT2D eigenvalue weighted by atomic mass is 9.92. The summed E-state index contributed by atoms with van der Waals surface area (Å²) in [6, 6.07) is 1.40. The van der Waals surface area contributed by atoms with Crippen molar-refractivity contribution in [2.75, 3.05) is 5.32 Å². The van der Waals surface area contributed by atoms with Gasteiger partial charge >= 0.3 is 11.7 Å². The molecular weight excluding hydrogens is 238 g/mol. The first-order valence-corrected chi connectivity index (χ1v) is 5.56. The summed E-state index contributed by atoms with van der Waals surface area (Å²) in [7, 11) is 0. The number of carboxylic acids is 1. The predicted octanol–water partition coefficient (Wildman–Crippen LogP) is 2.05.